The summed E-state index contributed by atoms with van der Waals surface area (Å²) in [6.07, 6.45) is 1.58. The average molecular weight is 190 g/mol. The van der Waals surface area contributed by atoms with Gasteiger partial charge in [-0.25, -0.2) is 0 Å². The predicted molar refractivity (Wildman–Crippen MR) is 48.8 cm³/mol. The van der Waals surface area contributed by atoms with Gasteiger partial charge in [0.2, 0.25) is 0 Å². The molecular weight excluding hydrogens is 182 g/mol. The monoisotopic (exact) mass is 189 g/mol. The third-order valence-electron chi connectivity index (χ3n) is 1.35. The summed E-state index contributed by atoms with van der Waals surface area (Å²) in [5.41, 5.74) is 6.22. The molecule has 0 atom stereocenters. The summed E-state index contributed by atoms with van der Waals surface area (Å²) in [5, 5.41) is 4.61. The normalized spacial score (nSPS) is 10.0. The number of thiocarbonyl (C=S) groups is 1. The van der Waals surface area contributed by atoms with Gasteiger partial charge in [0.25, 0.3) is 0 Å². The molecule has 0 aliphatic rings. The van der Waals surface area contributed by atoms with Gasteiger partial charge in [-0.2, -0.15) is 5.10 Å². The van der Waals surface area contributed by atoms with Gasteiger partial charge in [-0.1, -0.05) is 23.8 Å². The second-order valence-corrected chi connectivity index (χ2v) is 3.13. The molecule has 0 saturated heterocycles. The summed E-state index contributed by atoms with van der Waals surface area (Å²) in [5.74, 6) is 0. The van der Waals surface area contributed by atoms with Crippen molar-refractivity contribution in [2.75, 3.05) is 0 Å². The molecule has 11 heavy (non-hydrogen) atoms. The van der Waals surface area contributed by atoms with Crippen molar-refractivity contribution < 1.29 is 0 Å². The Hall–Kier alpha value is -0.610. The van der Waals surface area contributed by atoms with E-state index in [1.165, 1.54) is 0 Å². The first kappa shape index (κ1) is 8.49. The second-order valence-electron chi connectivity index (χ2n) is 2.20. The van der Waals surface area contributed by atoms with Gasteiger partial charge in [-0.05, 0) is 6.92 Å². The lowest BCUT2D eigenvalue weighted by Crippen LogP contribution is -2.18. The van der Waals surface area contributed by atoms with E-state index >= 15 is 0 Å². The van der Waals surface area contributed by atoms with Crippen LogP contribution in [0.15, 0.2) is 6.20 Å². The van der Waals surface area contributed by atoms with Crippen LogP contribution in [0, 0.1) is 6.92 Å². The molecule has 0 radical (unpaired) electrons. The fraction of sp³-hybridized carbons (Fsp3) is 0.333. The van der Waals surface area contributed by atoms with Crippen molar-refractivity contribution in [2.24, 2.45) is 5.73 Å². The van der Waals surface area contributed by atoms with Crippen molar-refractivity contribution in [3.8, 4) is 0 Å². The lowest BCUT2D eigenvalue weighted by Gasteiger charge is -2.00. The van der Waals surface area contributed by atoms with Crippen LogP contribution < -0.4 is 5.73 Å². The first-order valence-corrected chi connectivity index (χ1v) is 3.86. The topological polar surface area (TPSA) is 43.8 Å². The van der Waals surface area contributed by atoms with Crippen LogP contribution >= 0.6 is 23.8 Å². The zero-order valence-electron chi connectivity index (χ0n) is 6.04. The predicted octanol–water partition coefficient (Wildman–Crippen LogP) is 1.13. The van der Waals surface area contributed by atoms with E-state index in [1.807, 2.05) is 6.92 Å². The Kier molecular flexibility index (Phi) is 2.46. The number of nitrogens with zero attached hydrogens (tertiary/aromatic N) is 2. The molecule has 2 N–H and O–H groups in total. The summed E-state index contributed by atoms with van der Waals surface area (Å²) in [6, 6.07) is 0. The summed E-state index contributed by atoms with van der Waals surface area (Å²) < 4.78 is 1.67. The highest BCUT2D eigenvalue weighted by atomic mass is 35.5. The highest BCUT2D eigenvalue weighted by Gasteiger charge is 2.03. The molecule has 0 aromatic carbocycles. The molecule has 5 heteroatoms. The molecular formula is C6H8ClN3S. The van der Waals surface area contributed by atoms with Crippen LogP contribution in [0.25, 0.3) is 0 Å². The van der Waals surface area contributed by atoms with Crippen LogP contribution in [0.1, 0.15) is 5.69 Å². The van der Waals surface area contributed by atoms with Gasteiger partial charge >= 0.3 is 0 Å². The molecule has 0 amide bonds. The molecule has 3 nitrogen and oxygen atoms in total. The molecule has 0 aliphatic heterocycles. The minimum absolute atomic E-state index is 0.410. The summed E-state index contributed by atoms with van der Waals surface area (Å²) in [4.78, 5) is 0.410. The molecule has 60 valence electrons. The lowest BCUT2D eigenvalue weighted by atomic mass is 10.5. The van der Waals surface area contributed by atoms with Gasteiger partial charge < -0.3 is 5.73 Å². The molecule has 0 bridgehead atoms. The summed E-state index contributed by atoms with van der Waals surface area (Å²) >= 11 is 10.5. The Morgan fingerprint density at radius 1 is 1.91 bits per heavy atom. The standard InChI is InChI=1S/C6H8ClN3S/c1-4-5(7)2-9-10(4)3-6(8)11/h2H,3H2,1H3,(H2,8,11). The third kappa shape index (κ3) is 1.91. The van der Waals surface area contributed by atoms with E-state index in [4.69, 9.17) is 29.6 Å². The van der Waals surface area contributed by atoms with Crippen molar-refractivity contribution in [3.63, 3.8) is 0 Å². The Morgan fingerprint density at radius 3 is 2.91 bits per heavy atom. The maximum Gasteiger partial charge on any atom is 0.0946 e. The number of halogens is 1. The molecule has 0 aliphatic carbocycles. The molecule has 0 unspecified atom stereocenters. The van der Waals surface area contributed by atoms with E-state index < -0.39 is 0 Å². The van der Waals surface area contributed by atoms with Crippen molar-refractivity contribution >= 4 is 28.8 Å². The van der Waals surface area contributed by atoms with Crippen LogP contribution in [-0.4, -0.2) is 14.8 Å². The van der Waals surface area contributed by atoms with Crippen molar-refractivity contribution in [1.82, 2.24) is 9.78 Å². The van der Waals surface area contributed by atoms with E-state index in [0.717, 1.165) is 5.69 Å². The van der Waals surface area contributed by atoms with Crippen LogP contribution in [-0.2, 0) is 6.54 Å². The second kappa shape index (κ2) is 3.19. The van der Waals surface area contributed by atoms with Crippen molar-refractivity contribution in [3.05, 3.63) is 16.9 Å². The van der Waals surface area contributed by atoms with E-state index in [9.17, 15) is 0 Å². The minimum Gasteiger partial charge on any atom is -0.392 e. The van der Waals surface area contributed by atoms with E-state index in [2.05, 4.69) is 5.10 Å². The zero-order chi connectivity index (χ0) is 8.43. The SMILES string of the molecule is Cc1c(Cl)cnn1CC(N)=S. The maximum atomic E-state index is 5.75. The Morgan fingerprint density at radius 2 is 2.55 bits per heavy atom. The summed E-state index contributed by atoms with van der Waals surface area (Å²) in [7, 11) is 0. The number of aromatic nitrogens is 2. The fourth-order valence-electron chi connectivity index (χ4n) is 0.731. The number of hydrogen-bond donors (Lipinski definition) is 1. The van der Waals surface area contributed by atoms with Crippen LogP contribution in [0.4, 0.5) is 0 Å². The van der Waals surface area contributed by atoms with Gasteiger partial charge in [0.05, 0.1) is 28.4 Å². The highest BCUT2D eigenvalue weighted by Crippen LogP contribution is 2.12. The van der Waals surface area contributed by atoms with Gasteiger partial charge in [0.15, 0.2) is 0 Å². The number of hydrogen-bond acceptors (Lipinski definition) is 2. The van der Waals surface area contributed by atoms with E-state index in [0.29, 0.717) is 16.6 Å². The van der Waals surface area contributed by atoms with Crippen LogP contribution in [0.3, 0.4) is 0 Å². The molecule has 1 heterocycles. The number of nitrogens with two attached hydrogens (primary N) is 1. The molecule has 1 aromatic rings. The first-order chi connectivity index (χ1) is 5.11. The molecule has 0 spiro atoms. The zero-order valence-corrected chi connectivity index (χ0v) is 7.61. The van der Waals surface area contributed by atoms with Gasteiger partial charge in [-0.3, -0.25) is 4.68 Å². The Balaban J connectivity index is 2.87. The minimum atomic E-state index is 0.410. The van der Waals surface area contributed by atoms with Gasteiger partial charge in [0.1, 0.15) is 0 Å². The summed E-state index contributed by atoms with van der Waals surface area (Å²) in [6.45, 7) is 2.32. The third-order valence-corrected chi connectivity index (χ3v) is 1.85. The van der Waals surface area contributed by atoms with E-state index in [1.54, 1.807) is 10.9 Å². The maximum absolute atomic E-state index is 5.75. The van der Waals surface area contributed by atoms with Crippen molar-refractivity contribution in [2.45, 2.75) is 13.5 Å². The quantitative estimate of drug-likeness (QED) is 0.710. The Bertz CT molecular complexity index is 281. The average Bonchev–Trinajstić information content (AvgIpc) is 2.18. The highest BCUT2D eigenvalue weighted by molar-refractivity contribution is 7.80. The molecule has 1 aromatic heterocycles. The van der Waals surface area contributed by atoms with Crippen LogP contribution in [0.5, 0.6) is 0 Å². The van der Waals surface area contributed by atoms with Crippen LogP contribution in [0.2, 0.25) is 5.02 Å². The van der Waals surface area contributed by atoms with Gasteiger partial charge in [-0.15, -0.1) is 0 Å². The lowest BCUT2D eigenvalue weighted by molar-refractivity contribution is 0.701. The molecule has 0 saturated carbocycles. The fourth-order valence-corrected chi connectivity index (χ4v) is 0.994. The van der Waals surface area contributed by atoms with Gasteiger partial charge in [0, 0.05) is 0 Å². The molecule has 1 rings (SSSR count). The van der Waals surface area contributed by atoms with E-state index in [-0.39, 0.29) is 0 Å². The number of rotatable bonds is 2. The smallest absolute Gasteiger partial charge is 0.0946 e. The first-order valence-electron chi connectivity index (χ1n) is 3.07. The Labute approximate surface area is 75.1 Å². The molecule has 0 fully saturated rings. The van der Waals surface area contributed by atoms with Crippen molar-refractivity contribution in [1.29, 1.82) is 0 Å². The largest absolute Gasteiger partial charge is 0.392 e.